The fourth-order valence-electron chi connectivity index (χ4n) is 3.24. The number of rotatable bonds is 4. The summed E-state index contributed by atoms with van der Waals surface area (Å²) in [5.41, 5.74) is -0.415. The topological polar surface area (TPSA) is 57.8 Å². The number of alkyl halides is 3. The molecule has 7 heteroatoms. The van der Waals surface area contributed by atoms with E-state index < -0.39 is 17.3 Å². The van der Waals surface area contributed by atoms with Crippen LogP contribution < -0.4 is 10.9 Å². The Bertz CT molecular complexity index is 759. The minimum Gasteiger partial charge on any atom is -0.384 e. The molecule has 1 aromatic carbocycles. The number of H-pyrrole nitrogens is 1. The van der Waals surface area contributed by atoms with E-state index in [1.54, 1.807) is 6.07 Å². The predicted molar refractivity (Wildman–Crippen MR) is 90.4 cm³/mol. The number of nitrogens with one attached hydrogen (secondary N) is 2. The lowest BCUT2D eigenvalue weighted by Crippen LogP contribution is -2.19. The van der Waals surface area contributed by atoms with Gasteiger partial charge < -0.3 is 5.32 Å². The molecule has 0 unspecified atom stereocenters. The molecule has 1 saturated carbocycles. The van der Waals surface area contributed by atoms with Crippen LogP contribution in [0.3, 0.4) is 0 Å². The van der Waals surface area contributed by atoms with Crippen LogP contribution in [0.4, 0.5) is 18.9 Å². The van der Waals surface area contributed by atoms with E-state index in [1.165, 1.54) is 24.6 Å². The van der Waals surface area contributed by atoms with E-state index in [9.17, 15) is 18.0 Å². The van der Waals surface area contributed by atoms with Gasteiger partial charge in [0.2, 0.25) is 0 Å². The highest BCUT2D eigenvalue weighted by Gasteiger charge is 2.34. The zero-order valence-electron chi connectivity index (χ0n) is 13.7. The first-order valence-electron chi connectivity index (χ1n) is 8.45. The van der Waals surface area contributed by atoms with Crippen molar-refractivity contribution in [1.82, 2.24) is 10.2 Å². The summed E-state index contributed by atoms with van der Waals surface area (Å²) in [5, 5.41) is 9.01. The van der Waals surface area contributed by atoms with E-state index in [2.05, 4.69) is 15.5 Å². The van der Waals surface area contributed by atoms with Crippen LogP contribution >= 0.6 is 0 Å². The van der Waals surface area contributed by atoms with Gasteiger partial charge in [-0.05, 0) is 37.0 Å². The molecule has 1 aliphatic carbocycles. The maximum Gasteiger partial charge on any atom is 0.418 e. The summed E-state index contributed by atoms with van der Waals surface area (Å²) in [6.45, 7) is 0.555. The Balaban J connectivity index is 1.84. The molecule has 1 aliphatic rings. The highest BCUT2D eigenvalue weighted by Crippen LogP contribution is 2.37. The van der Waals surface area contributed by atoms with Crippen LogP contribution in [-0.2, 0) is 6.18 Å². The molecule has 0 atom stereocenters. The van der Waals surface area contributed by atoms with Crippen molar-refractivity contribution in [3.05, 3.63) is 46.2 Å². The molecule has 0 radical (unpaired) electrons. The van der Waals surface area contributed by atoms with E-state index in [-0.39, 0.29) is 5.69 Å². The van der Waals surface area contributed by atoms with Gasteiger partial charge in [-0.2, -0.15) is 18.3 Å². The predicted octanol–water partition coefficient (Wildman–Crippen LogP) is 4.45. The fraction of sp³-hybridized carbons (Fsp3) is 0.444. The highest BCUT2D eigenvalue weighted by molar-refractivity contribution is 5.66. The van der Waals surface area contributed by atoms with Gasteiger partial charge in [0.15, 0.2) is 0 Å². The van der Waals surface area contributed by atoms with Crippen LogP contribution in [0.5, 0.6) is 0 Å². The summed E-state index contributed by atoms with van der Waals surface area (Å²) in [4.78, 5) is 11.1. The van der Waals surface area contributed by atoms with E-state index >= 15 is 0 Å². The second-order valence-corrected chi connectivity index (χ2v) is 6.45. The Morgan fingerprint density at radius 2 is 1.88 bits per heavy atom. The summed E-state index contributed by atoms with van der Waals surface area (Å²) in [6.07, 6.45) is 1.17. The molecule has 0 saturated heterocycles. The maximum atomic E-state index is 13.5. The number of benzene rings is 1. The number of aromatic nitrogens is 2. The van der Waals surface area contributed by atoms with Crippen molar-refractivity contribution in [3.8, 4) is 11.3 Å². The van der Waals surface area contributed by atoms with Crippen LogP contribution in [0.25, 0.3) is 11.3 Å². The third-order valence-electron chi connectivity index (χ3n) is 4.61. The summed E-state index contributed by atoms with van der Waals surface area (Å²) in [6, 6.07) is 6.74. The molecule has 2 N–H and O–H groups in total. The number of hydrogen-bond acceptors (Lipinski definition) is 3. The molecule has 1 fully saturated rings. The molecular formula is C18H20F3N3O. The van der Waals surface area contributed by atoms with E-state index in [4.69, 9.17) is 0 Å². The zero-order valence-corrected chi connectivity index (χ0v) is 13.7. The summed E-state index contributed by atoms with van der Waals surface area (Å²) < 4.78 is 40.4. The van der Waals surface area contributed by atoms with Gasteiger partial charge in [-0.25, -0.2) is 5.10 Å². The van der Waals surface area contributed by atoms with Gasteiger partial charge in [-0.15, -0.1) is 0 Å². The lowest BCUT2D eigenvalue weighted by molar-refractivity contribution is -0.136. The van der Waals surface area contributed by atoms with Crippen molar-refractivity contribution < 1.29 is 13.2 Å². The van der Waals surface area contributed by atoms with E-state index in [0.717, 1.165) is 31.7 Å². The van der Waals surface area contributed by atoms with Gasteiger partial charge in [0.05, 0.1) is 11.3 Å². The van der Waals surface area contributed by atoms with E-state index in [1.807, 2.05) is 0 Å². The molecule has 0 spiro atoms. The van der Waals surface area contributed by atoms with Gasteiger partial charge in [0, 0.05) is 23.9 Å². The maximum absolute atomic E-state index is 13.5. The Hall–Kier alpha value is -2.31. The molecule has 1 aromatic heterocycles. The molecular weight excluding hydrogens is 331 g/mol. The molecule has 1 heterocycles. The van der Waals surface area contributed by atoms with Crippen LogP contribution in [0.15, 0.2) is 35.1 Å². The summed E-state index contributed by atoms with van der Waals surface area (Å²) >= 11 is 0. The molecule has 2 aromatic rings. The van der Waals surface area contributed by atoms with Crippen LogP contribution in [0.1, 0.15) is 37.7 Å². The third kappa shape index (κ3) is 4.41. The Morgan fingerprint density at radius 1 is 1.12 bits per heavy atom. The van der Waals surface area contributed by atoms with E-state index in [0.29, 0.717) is 23.7 Å². The average molecular weight is 351 g/mol. The molecule has 0 bridgehead atoms. The Labute approximate surface area is 143 Å². The SMILES string of the molecule is O=c1ccc(-c2ccc(NCC3CCCCC3)c(C(F)(F)F)c2)n[nH]1. The number of hydrogen-bond donors (Lipinski definition) is 2. The highest BCUT2D eigenvalue weighted by atomic mass is 19.4. The second-order valence-electron chi connectivity index (χ2n) is 6.45. The normalized spacial score (nSPS) is 16.0. The molecule has 4 nitrogen and oxygen atoms in total. The molecule has 0 amide bonds. The number of nitrogens with zero attached hydrogens (tertiary/aromatic N) is 1. The summed E-state index contributed by atoms with van der Waals surface area (Å²) in [7, 11) is 0. The standard InChI is InChI=1S/C18H20F3N3O/c19-18(20,21)14-10-13(15-8-9-17(25)24-23-15)6-7-16(14)22-11-12-4-2-1-3-5-12/h6-10,12,22H,1-5,11H2,(H,24,25). The minimum atomic E-state index is -4.47. The first-order chi connectivity index (χ1) is 11.9. The van der Waals surface area contributed by atoms with Crippen molar-refractivity contribution in [2.45, 2.75) is 38.3 Å². The van der Waals surface area contributed by atoms with Crippen LogP contribution in [0, 0.1) is 5.92 Å². The molecule has 0 aliphatic heterocycles. The second kappa shape index (κ2) is 7.29. The van der Waals surface area contributed by atoms with Gasteiger partial charge in [-0.1, -0.05) is 25.3 Å². The number of aromatic amines is 1. The van der Waals surface area contributed by atoms with Crippen molar-refractivity contribution >= 4 is 5.69 Å². The van der Waals surface area contributed by atoms with Crippen molar-refractivity contribution in [1.29, 1.82) is 0 Å². The van der Waals surface area contributed by atoms with Gasteiger partial charge in [0.25, 0.3) is 5.56 Å². The van der Waals surface area contributed by atoms with Gasteiger partial charge in [0.1, 0.15) is 0 Å². The Morgan fingerprint density at radius 3 is 2.52 bits per heavy atom. The van der Waals surface area contributed by atoms with Gasteiger partial charge in [-0.3, -0.25) is 4.79 Å². The van der Waals surface area contributed by atoms with Crippen molar-refractivity contribution in [2.75, 3.05) is 11.9 Å². The molecule has 25 heavy (non-hydrogen) atoms. The number of halogens is 3. The fourth-order valence-corrected chi connectivity index (χ4v) is 3.24. The first kappa shape index (κ1) is 17.5. The molecule has 3 rings (SSSR count). The average Bonchev–Trinajstić information content (AvgIpc) is 2.61. The third-order valence-corrected chi connectivity index (χ3v) is 4.61. The molecule has 134 valence electrons. The smallest absolute Gasteiger partial charge is 0.384 e. The quantitative estimate of drug-likeness (QED) is 0.856. The van der Waals surface area contributed by atoms with Crippen molar-refractivity contribution in [2.24, 2.45) is 5.92 Å². The first-order valence-corrected chi connectivity index (χ1v) is 8.45. The number of anilines is 1. The monoisotopic (exact) mass is 351 g/mol. The van der Waals surface area contributed by atoms with Gasteiger partial charge >= 0.3 is 6.18 Å². The Kier molecular flexibility index (Phi) is 5.11. The van der Waals surface area contributed by atoms with Crippen molar-refractivity contribution in [3.63, 3.8) is 0 Å². The summed E-state index contributed by atoms with van der Waals surface area (Å²) in [5.74, 6) is 0.426. The van der Waals surface area contributed by atoms with Crippen LogP contribution in [0.2, 0.25) is 0 Å². The minimum absolute atomic E-state index is 0.0891. The lowest BCUT2D eigenvalue weighted by atomic mass is 9.89. The zero-order chi connectivity index (χ0) is 17.9. The van der Waals surface area contributed by atoms with Crippen LogP contribution in [-0.4, -0.2) is 16.7 Å². The lowest BCUT2D eigenvalue weighted by Gasteiger charge is -2.23. The largest absolute Gasteiger partial charge is 0.418 e.